The van der Waals surface area contributed by atoms with E-state index in [4.69, 9.17) is 10.2 Å². The molecule has 2 N–H and O–H groups in total. The van der Waals surface area contributed by atoms with Crippen molar-refractivity contribution in [3.05, 3.63) is 52.7 Å². The molecule has 1 heterocycles. The van der Waals surface area contributed by atoms with Crippen molar-refractivity contribution in [2.45, 2.75) is 0 Å². The van der Waals surface area contributed by atoms with Gasteiger partial charge in [-0.2, -0.15) is 11.3 Å². The van der Waals surface area contributed by atoms with E-state index in [2.05, 4.69) is 0 Å². The van der Waals surface area contributed by atoms with Crippen LogP contribution in [0.1, 0.15) is 10.4 Å². The third kappa shape index (κ3) is 4.28. The van der Waals surface area contributed by atoms with Gasteiger partial charge in [-0.15, -0.1) is 0 Å². The van der Waals surface area contributed by atoms with Gasteiger partial charge in [-0.05, 0) is 29.0 Å². The lowest BCUT2D eigenvalue weighted by Gasteiger charge is -1.92. The summed E-state index contributed by atoms with van der Waals surface area (Å²) in [5, 5.41) is 21.3. The highest BCUT2D eigenvalue weighted by Crippen LogP contribution is 2.09. The second-order valence-electron chi connectivity index (χ2n) is 2.65. The van der Waals surface area contributed by atoms with Gasteiger partial charge in [0, 0.05) is 0 Å². The van der Waals surface area contributed by atoms with Crippen LogP contribution in [-0.2, 0) is 0 Å². The fourth-order valence-corrected chi connectivity index (χ4v) is 1.32. The minimum absolute atomic E-state index is 0.0279. The number of aromatic carboxylic acids is 1. The van der Waals surface area contributed by atoms with Gasteiger partial charge in [-0.3, -0.25) is 0 Å². The Balaban J connectivity index is 0.000000187. The van der Waals surface area contributed by atoms with Gasteiger partial charge in [-0.1, -0.05) is 18.2 Å². The second kappa shape index (κ2) is 5.82. The summed E-state index contributed by atoms with van der Waals surface area (Å²) in [6.07, 6.45) is 0. The molecule has 0 aliphatic carbocycles. The van der Waals surface area contributed by atoms with E-state index in [0.29, 0.717) is 0 Å². The van der Waals surface area contributed by atoms with Gasteiger partial charge in [0.1, 0.15) is 5.75 Å². The summed E-state index contributed by atoms with van der Waals surface area (Å²) >= 11 is 1.71. The van der Waals surface area contributed by atoms with Crippen LogP contribution in [0.3, 0.4) is 0 Å². The number of carbonyl (C=O) groups is 1. The van der Waals surface area contributed by atoms with E-state index in [0.717, 1.165) is 0 Å². The molecular weight excluding hydrogens is 212 g/mol. The van der Waals surface area contributed by atoms with Crippen LogP contribution in [0.15, 0.2) is 47.2 Å². The van der Waals surface area contributed by atoms with E-state index < -0.39 is 5.97 Å². The molecule has 0 spiro atoms. The molecule has 1 aromatic carbocycles. The number of hydrogen-bond donors (Lipinski definition) is 2. The molecular formula is C11H10O3S. The number of thiophene rings is 1. The Kier molecular flexibility index (Phi) is 4.37. The minimum atomic E-state index is -1.03. The predicted octanol–water partition coefficient (Wildman–Crippen LogP) is 2.84. The molecule has 0 fully saturated rings. The Hall–Kier alpha value is -1.81. The molecule has 2 rings (SSSR count). The fraction of sp³-hybridized carbons (Fsp3) is 0. The zero-order valence-electron chi connectivity index (χ0n) is 7.83. The van der Waals surface area contributed by atoms with E-state index in [-0.39, 0.29) is 11.3 Å². The number of carboxylic acids is 1. The first kappa shape index (κ1) is 11.3. The van der Waals surface area contributed by atoms with Crippen molar-refractivity contribution in [3.63, 3.8) is 0 Å². The van der Waals surface area contributed by atoms with Gasteiger partial charge in [0.25, 0.3) is 0 Å². The van der Waals surface area contributed by atoms with E-state index in [1.807, 2.05) is 22.9 Å². The average molecular weight is 222 g/mol. The van der Waals surface area contributed by atoms with Crippen LogP contribution < -0.4 is 0 Å². The number of benzene rings is 1. The van der Waals surface area contributed by atoms with Crippen molar-refractivity contribution >= 4 is 17.3 Å². The van der Waals surface area contributed by atoms with E-state index in [9.17, 15) is 4.79 Å². The zero-order chi connectivity index (χ0) is 11.1. The lowest BCUT2D eigenvalue weighted by atomic mass is 10.2. The molecule has 0 bridgehead atoms. The highest BCUT2D eigenvalue weighted by Gasteiger charge is 2.00. The molecule has 78 valence electrons. The van der Waals surface area contributed by atoms with Gasteiger partial charge in [0.05, 0.1) is 5.56 Å². The highest BCUT2D eigenvalue weighted by molar-refractivity contribution is 7.07. The quantitative estimate of drug-likeness (QED) is 0.780. The monoisotopic (exact) mass is 222 g/mol. The van der Waals surface area contributed by atoms with Crippen molar-refractivity contribution < 1.29 is 15.0 Å². The van der Waals surface area contributed by atoms with Crippen molar-refractivity contribution in [1.82, 2.24) is 0 Å². The largest absolute Gasteiger partial charge is 0.508 e. The number of phenols is 1. The SMILES string of the molecule is O=C(O)c1cccc(O)c1.c1ccsc1. The Bertz CT molecular complexity index is 392. The smallest absolute Gasteiger partial charge is 0.335 e. The molecule has 0 saturated heterocycles. The molecule has 4 heteroatoms. The lowest BCUT2D eigenvalue weighted by Crippen LogP contribution is -1.94. The number of aromatic hydroxyl groups is 1. The third-order valence-electron chi connectivity index (χ3n) is 1.52. The first-order chi connectivity index (χ1) is 7.20. The van der Waals surface area contributed by atoms with Gasteiger partial charge in [0.15, 0.2) is 0 Å². The summed E-state index contributed by atoms with van der Waals surface area (Å²) in [6.45, 7) is 0. The molecule has 0 saturated carbocycles. The maximum Gasteiger partial charge on any atom is 0.335 e. The van der Waals surface area contributed by atoms with E-state index in [1.165, 1.54) is 24.3 Å². The number of rotatable bonds is 1. The molecule has 0 aliphatic rings. The van der Waals surface area contributed by atoms with Crippen LogP contribution in [0.25, 0.3) is 0 Å². The summed E-state index contributed by atoms with van der Waals surface area (Å²) < 4.78 is 0. The first-order valence-electron chi connectivity index (χ1n) is 4.19. The zero-order valence-corrected chi connectivity index (χ0v) is 8.65. The van der Waals surface area contributed by atoms with Crippen LogP contribution >= 0.6 is 11.3 Å². The Morgan fingerprint density at radius 1 is 1.13 bits per heavy atom. The summed E-state index contributed by atoms with van der Waals surface area (Å²) in [5.41, 5.74) is 0.0972. The number of carboxylic acid groups (broad SMARTS) is 1. The summed E-state index contributed by atoms with van der Waals surface area (Å²) in [5.74, 6) is -1.06. The van der Waals surface area contributed by atoms with E-state index >= 15 is 0 Å². The predicted molar refractivity (Wildman–Crippen MR) is 59.4 cm³/mol. The Labute approximate surface area is 91.2 Å². The summed E-state index contributed by atoms with van der Waals surface area (Å²) in [6, 6.07) is 9.56. The van der Waals surface area contributed by atoms with Crippen molar-refractivity contribution in [1.29, 1.82) is 0 Å². The van der Waals surface area contributed by atoms with Crippen molar-refractivity contribution in [3.8, 4) is 5.75 Å². The maximum atomic E-state index is 10.2. The standard InChI is InChI=1S/C7H6O3.C4H4S/c8-6-3-1-2-5(4-6)7(9)10;1-2-4-5-3-1/h1-4,8H,(H,9,10);1-4H. The van der Waals surface area contributed by atoms with E-state index in [1.54, 1.807) is 11.3 Å². The van der Waals surface area contributed by atoms with Gasteiger partial charge in [0.2, 0.25) is 0 Å². The molecule has 3 nitrogen and oxygen atoms in total. The second-order valence-corrected chi connectivity index (χ2v) is 3.47. The fourth-order valence-electron chi connectivity index (χ4n) is 0.866. The molecule has 1 aromatic heterocycles. The van der Waals surface area contributed by atoms with Gasteiger partial charge >= 0.3 is 5.97 Å². The maximum absolute atomic E-state index is 10.2. The molecule has 15 heavy (non-hydrogen) atoms. The average Bonchev–Trinajstić information content (AvgIpc) is 2.75. The highest BCUT2D eigenvalue weighted by atomic mass is 32.1. The first-order valence-corrected chi connectivity index (χ1v) is 5.14. The molecule has 0 radical (unpaired) electrons. The Morgan fingerprint density at radius 2 is 1.80 bits per heavy atom. The minimum Gasteiger partial charge on any atom is -0.508 e. The number of phenolic OH excluding ortho intramolecular Hbond substituents is 1. The normalized spacial score (nSPS) is 8.80. The molecule has 0 atom stereocenters. The topological polar surface area (TPSA) is 57.5 Å². The Morgan fingerprint density at radius 3 is 2.13 bits per heavy atom. The van der Waals surface area contributed by atoms with Crippen LogP contribution in [0, 0.1) is 0 Å². The molecule has 0 aliphatic heterocycles. The number of hydrogen-bond acceptors (Lipinski definition) is 3. The molecule has 0 unspecified atom stereocenters. The van der Waals surface area contributed by atoms with Gasteiger partial charge in [-0.25, -0.2) is 4.79 Å². The molecule has 0 amide bonds. The van der Waals surface area contributed by atoms with Crippen LogP contribution in [0.4, 0.5) is 0 Å². The van der Waals surface area contributed by atoms with Gasteiger partial charge < -0.3 is 10.2 Å². The summed E-state index contributed by atoms with van der Waals surface area (Å²) in [7, 11) is 0. The molecule has 2 aromatic rings. The van der Waals surface area contributed by atoms with Crippen LogP contribution in [-0.4, -0.2) is 16.2 Å². The van der Waals surface area contributed by atoms with Crippen LogP contribution in [0.5, 0.6) is 5.75 Å². The summed E-state index contributed by atoms with van der Waals surface area (Å²) in [4.78, 5) is 10.2. The lowest BCUT2D eigenvalue weighted by molar-refractivity contribution is 0.0696. The van der Waals surface area contributed by atoms with Crippen LogP contribution in [0.2, 0.25) is 0 Å². The van der Waals surface area contributed by atoms with Crippen molar-refractivity contribution in [2.75, 3.05) is 0 Å². The third-order valence-corrected chi connectivity index (χ3v) is 2.15. The van der Waals surface area contributed by atoms with Crippen molar-refractivity contribution in [2.24, 2.45) is 0 Å².